The van der Waals surface area contributed by atoms with Gasteiger partial charge in [-0.3, -0.25) is 0 Å². The first kappa shape index (κ1) is 30.9. The molecule has 0 aromatic heterocycles. The summed E-state index contributed by atoms with van der Waals surface area (Å²) in [6.45, 7) is 1.95. The predicted molar refractivity (Wildman–Crippen MR) is 165 cm³/mol. The average molecular weight is 617 g/mol. The van der Waals surface area contributed by atoms with Gasteiger partial charge in [-0.15, -0.1) is 0 Å². The summed E-state index contributed by atoms with van der Waals surface area (Å²) in [5.41, 5.74) is 4.59. The molecule has 2 aliphatic carbocycles. The monoisotopic (exact) mass is 616 g/mol. The Morgan fingerprint density at radius 3 is 2.64 bits per heavy atom. The van der Waals surface area contributed by atoms with Gasteiger partial charge in [-0.05, 0) is 116 Å². The van der Waals surface area contributed by atoms with Crippen molar-refractivity contribution in [1.29, 1.82) is 0 Å². The molecular weight excluding hydrogens is 576 g/mol. The van der Waals surface area contributed by atoms with E-state index in [1.807, 2.05) is 18.2 Å². The molecule has 0 saturated heterocycles. The van der Waals surface area contributed by atoms with Crippen molar-refractivity contribution in [2.75, 3.05) is 30.9 Å². The number of ether oxygens (including phenoxy) is 2. The zero-order valence-corrected chi connectivity index (χ0v) is 25.7. The van der Waals surface area contributed by atoms with Gasteiger partial charge >= 0.3 is 5.97 Å². The van der Waals surface area contributed by atoms with Gasteiger partial charge in [0.25, 0.3) is 0 Å². The van der Waals surface area contributed by atoms with Crippen LogP contribution in [0.2, 0.25) is 5.02 Å². The molecule has 2 aromatic rings. The molecule has 1 aliphatic heterocycles. The normalized spacial score (nSPS) is 23.7. The molecule has 4 atom stereocenters. The lowest BCUT2D eigenvalue weighted by molar-refractivity contribution is 0.00349. The highest BCUT2D eigenvalue weighted by atomic mass is 35.5. The number of hydrogen-bond donors (Lipinski definition) is 2. The van der Waals surface area contributed by atoms with E-state index >= 15 is 0 Å². The minimum atomic E-state index is -3.48. The van der Waals surface area contributed by atoms with Crippen LogP contribution in [0.3, 0.4) is 0 Å². The van der Waals surface area contributed by atoms with E-state index in [2.05, 4.69) is 11.0 Å². The highest BCUT2D eigenvalue weighted by Gasteiger charge is 2.40. The SMILES string of the molecule is CO[C@H](C1=CCC(CS(N)(=O)=O)CC1)[C@@H]1CC[C@H]1CN1CCCCc2cc(Cl)ccc2COc2ccc(C(=O)O)cc21. The summed E-state index contributed by atoms with van der Waals surface area (Å²) in [5.74, 6) is 0.510. The Bertz CT molecular complexity index is 1430. The van der Waals surface area contributed by atoms with Crippen LogP contribution >= 0.6 is 11.6 Å². The van der Waals surface area contributed by atoms with Crippen molar-refractivity contribution in [2.24, 2.45) is 22.9 Å². The van der Waals surface area contributed by atoms with Gasteiger partial charge in [-0.25, -0.2) is 18.4 Å². The lowest BCUT2D eigenvalue weighted by Crippen LogP contribution is -2.45. The third-order valence-electron chi connectivity index (χ3n) is 9.18. The molecule has 0 radical (unpaired) electrons. The molecule has 3 N–H and O–H groups in total. The van der Waals surface area contributed by atoms with Crippen LogP contribution in [-0.2, 0) is 27.8 Å². The number of rotatable bonds is 8. The van der Waals surface area contributed by atoms with Gasteiger partial charge in [0.15, 0.2) is 0 Å². The van der Waals surface area contributed by atoms with E-state index in [1.165, 1.54) is 11.1 Å². The second kappa shape index (κ2) is 13.4. The largest absolute Gasteiger partial charge is 0.487 e. The fraction of sp³-hybridized carbons (Fsp3) is 0.531. The minimum absolute atomic E-state index is 0.0107. The number of sulfonamides is 1. The van der Waals surface area contributed by atoms with Crippen molar-refractivity contribution in [2.45, 2.75) is 64.1 Å². The van der Waals surface area contributed by atoms with Crippen LogP contribution < -0.4 is 14.8 Å². The third kappa shape index (κ3) is 7.48. The van der Waals surface area contributed by atoms with Crippen molar-refractivity contribution in [3.05, 3.63) is 69.8 Å². The fourth-order valence-electron chi connectivity index (χ4n) is 6.82. The maximum absolute atomic E-state index is 11.9. The maximum atomic E-state index is 11.9. The van der Waals surface area contributed by atoms with Crippen LogP contribution in [0.15, 0.2) is 48.0 Å². The van der Waals surface area contributed by atoms with E-state index in [-0.39, 0.29) is 23.3 Å². The topological polar surface area (TPSA) is 119 Å². The number of benzene rings is 2. The molecule has 10 heteroatoms. The Hall–Kier alpha value is -2.59. The lowest BCUT2D eigenvalue weighted by Gasteiger charge is -2.45. The molecule has 1 unspecified atom stereocenters. The number of hydrogen-bond acceptors (Lipinski definition) is 6. The van der Waals surface area contributed by atoms with Crippen molar-refractivity contribution in [3.63, 3.8) is 0 Å². The molecule has 2 aromatic carbocycles. The number of allylic oxidation sites excluding steroid dienone is 1. The highest BCUT2D eigenvalue weighted by Crippen LogP contribution is 2.44. The molecular formula is C32H41ClN2O6S. The summed E-state index contributed by atoms with van der Waals surface area (Å²) in [6, 6.07) is 11.0. The van der Waals surface area contributed by atoms with Gasteiger partial charge in [0.2, 0.25) is 10.0 Å². The number of halogens is 1. The first-order chi connectivity index (χ1) is 20.1. The van der Waals surface area contributed by atoms with Gasteiger partial charge in [0.05, 0.1) is 23.1 Å². The predicted octanol–water partition coefficient (Wildman–Crippen LogP) is 5.82. The van der Waals surface area contributed by atoms with Gasteiger partial charge in [-0.2, -0.15) is 0 Å². The third-order valence-corrected chi connectivity index (χ3v) is 10.4. The van der Waals surface area contributed by atoms with Gasteiger partial charge < -0.3 is 19.5 Å². The van der Waals surface area contributed by atoms with E-state index in [0.717, 1.165) is 69.3 Å². The first-order valence-corrected chi connectivity index (χ1v) is 16.9. The van der Waals surface area contributed by atoms with Crippen LogP contribution in [0.1, 0.15) is 66.4 Å². The number of anilines is 1. The van der Waals surface area contributed by atoms with E-state index in [4.69, 9.17) is 26.2 Å². The molecule has 8 nitrogen and oxygen atoms in total. The Balaban J connectivity index is 1.36. The second-order valence-electron chi connectivity index (χ2n) is 12.0. The molecule has 5 rings (SSSR count). The molecule has 0 spiro atoms. The number of carboxylic acid groups (broad SMARTS) is 1. The summed E-state index contributed by atoms with van der Waals surface area (Å²) < 4.78 is 35.6. The summed E-state index contributed by atoms with van der Waals surface area (Å²) >= 11 is 6.30. The Labute approximate surface area is 253 Å². The number of primary sulfonamides is 1. The fourth-order valence-corrected chi connectivity index (χ4v) is 7.98. The maximum Gasteiger partial charge on any atom is 0.335 e. The molecule has 1 fully saturated rings. The summed E-state index contributed by atoms with van der Waals surface area (Å²) in [5, 5.41) is 15.8. The van der Waals surface area contributed by atoms with Gasteiger partial charge in [-0.1, -0.05) is 23.7 Å². The van der Waals surface area contributed by atoms with E-state index in [0.29, 0.717) is 35.6 Å². The number of nitrogens with two attached hydrogens (primary N) is 1. The molecule has 42 heavy (non-hydrogen) atoms. The number of aromatic carboxylic acids is 1. The minimum Gasteiger partial charge on any atom is -0.487 e. The van der Waals surface area contributed by atoms with Crippen LogP contribution in [0, 0.1) is 17.8 Å². The molecule has 1 saturated carbocycles. The van der Waals surface area contributed by atoms with Crippen LogP contribution in [0.4, 0.5) is 5.69 Å². The average Bonchev–Trinajstić information content (AvgIpc) is 2.96. The smallest absolute Gasteiger partial charge is 0.335 e. The zero-order valence-electron chi connectivity index (χ0n) is 24.1. The number of fused-ring (bicyclic) bond motifs is 2. The number of aryl methyl sites for hydroxylation is 1. The van der Waals surface area contributed by atoms with Crippen molar-refractivity contribution in [1.82, 2.24) is 0 Å². The molecule has 0 bridgehead atoms. The number of carboxylic acids is 1. The lowest BCUT2D eigenvalue weighted by atomic mass is 9.67. The number of methoxy groups -OCH3 is 1. The Morgan fingerprint density at radius 1 is 1.14 bits per heavy atom. The van der Waals surface area contributed by atoms with E-state index in [9.17, 15) is 18.3 Å². The quantitative estimate of drug-likeness (QED) is 0.359. The van der Waals surface area contributed by atoms with Crippen LogP contribution in [-0.4, -0.2) is 51.5 Å². The van der Waals surface area contributed by atoms with Crippen LogP contribution in [0.5, 0.6) is 5.75 Å². The first-order valence-electron chi connectivity index (χ1n) is 14.9. The molecule has 1 heterocycles. The standard InChI is InChI=1S/C32H41ClN2O6S/c1-40-31(22-7-5-21(6-8-22)20-42(34,38)39)28-13-10-25(28)18-35-15-3-2-4-23-16-27(33)12-9-26(23)19-41-30-14-11-24(32(36)37)17-29(30)35/h7,9,11-12,14,16-17,21,25,28,31H,2-6,8,10,13,15,18-20H2,1H3,(H,36,37)(H2,34,38,39)/t21?,25-,28+,31+/m0/s1. The zero-order chi connectivity index (χ0) is 29.9. The number of carbonyl (C=O) groups is 1. The van der Waals surface area contributed by atoms with E-state index in [1.54, 1.807) is 25.3 Å². The van der Waals surface area contributed by atoms with Gasteiger partial charge in [0.1, 0.15) is 12.4 Å². The van der Waals surface area contributed by atoms with Crippen molar-refractivity contribution >= 4 is 33.3 Å². The molecule has 228 valence electrons. The number of nitrogens with zero attached hydrogens (tertiary/aromatic N) is 1. The van der Waals surface area contributed by atoms with Crippen molar-refractivity contribution < 1.29 is 27.8 Å². The second-order valence-corrected chi connectivity index (χ2v) is 14.1. The van der Waals surface area contributed by atoms with E-state index < -0.39 is 16.0 Å². The summed E-state index contributed by atoms with van der Waals surface area (Å²) in [6.07, 6.45) is 9.43. The Morgan fingerprint density at radius 2 is 1.98 bits per heavy atom. The Kier molecular flexibility index (Phi) is 9.82. The van der Waals surface area contributed by atoms with Crippen LogP contribution in [0.25, 0.3) is 0 Å². The summed E-state index contributed by atoms with van der Waals surface area (Å²) in [4.78, 5) is 14.2. The highest BCUT2D eigenvalue weighted by molar-refractivity contribution is 7.89. The van der Waals surface area contributed by atoms with Crippen molar-refractivity contribution in [3.8, 4) is 5.75 Å². The van der Waals surface area contributed by atoms with Gasteiger partial charge in [0, 0.05) is 25.2 Å². The summed E-state index contributed by atoms with van der Waals surface area (Å²) in [7, 11) is -1.72. The molecule has 0 amide bonds. The molecule has 3 aliphatic rings.